The van der Waals surface area contributed by atoms with E-state index in [4.69, 9.17) is 4.74 Å². The van der Waals surface area contributed by atoms with Crippen LogP contribution in [0.5, 0.6) is 0 Å². The molecule has 2 unspecified atom stereocenters. The van der Waals surface area contributed by atoms with Crippen LogP contribution in [-0.2, 0) is 4.74 Å². The summed E-state index contributed by atoms with van der Waals surface area (Å²) in [4.78, 5) is 2.51. The van der Waals surface area contributed by atoms with Gasteiger partial charge in [0.15, 0.2) is 0 Å². The Kier molecular flexibility index (Phi) is 4.05. The largest absolute Gasteiger partial charge is 0.392 e. The second kappa shape index (κ2) is 5.10. The summed E-state index contributed by atoms with van der Waals surface area (Å²) in [7, 11) is 0. The molecule has 0 aromatic rings. The summed E-state index contributed by atoms with van der Waals surface area (Å²) in [5.74, 6) is 0.422. The highest BCUT2D eigenvalue weighted by molar-refractivity contribution is 4.92. The molecule has 1 saturated heterocycles. The molecule has 1 aliphatic heterocycles. The van der Waals surface area contributed by atoms with Gasteiger partial charge in [0.1, 0.15) is 0 Å². The van der Waals surface area contributed by atoms with E-state index in [9.17, 15) is 5.11 Å². The quantitative estimate of drug-likeness (QED) is 0.822. The SMILES string of the molecule is CC1(C)CCCC(CN2CCOCC2(C)C)C1O. The minimum atomic E-state index is -0.162. The minimum absolute atomic E-state index is 0.0827. The predicted molar refractivity (Wildman–Crippen MR) is 73.6 cm³/mol. The standard InChI is InChI=1S/C15H29NO2/c1-14(2)7-5-6-12(13(14)17)10-16-8-9-18-11-15(16,3)4/h12-13,17H,5-11H2,1-4H3. The van der Waals surface area contributed by atoms with Crippen molar-refractivity contribution in [1.29, 1.82) is 0 Å². The zero-order valence-electron chi connectivity index (χ0n) is 12.4. The van der Waals surface area contributed by atoms with Crippen molar-refractivity contribution in [3.8, 4) is 0 Å². The van der Waals surface area contributed by atoms with Crippen molar-refractivity contribution in [3.63, 3.8) is 0 Å². The first-order valence-corrected chi connectivity index (χ1v) is 7.34. The number of ether oxygens (including phenoxy) is 1. The van der Waals surface area contributed by atoms with Gasteiger partial charge >= 0.3 is 0 Å². The number of rotatable bonds is 2. The molecule has 0 amide bonds. The Labute approximate surface area is 112 Å². The normalized spacial score (nSPS) is 36.5. The fraction of sp³-hybridized carbons (Fsp3) is 1.00. The molecule has 3 heteroatoms. The number of hydrogen-bond acceptors (Lipinski definition) is 3. The van der Waals surface area contributed by atoms with E-state index in [-0.39, 0.29) is 17.1 Å². The lowest BCUT2D eigenvalue weighted by Gasteiger charge is -2.47. The highest BCUT2D eigenvalue weighted by atomic mass is 16.5. The second-order valence-corrected chi connectivity index (χ2v) is 7.40. The second-order valence-electron chi connectivity index (χ2n) is 7.40. The number of aliphatic hydroxyl groups is 1. The Bertz CT molecular complexity index is 288. The van der Waals surface area contributed by atoms with Crippen LogP contribution in [0.3, 0.4) is 0 Å². The summed E-state index contributed by atoms with van der Waals surface area (Å²) in [6.07, 6.45) is 3.40. The van der Waals surface area contributed by atoms with Gasteiger partial charge in [-0.2, -0.15) is 0 Å². The van der Waals surface area contributed by atoms with E-state index in [0.717, 1.165) is 39.1 Å². The molecule has 0 spiro atoms. The highest BCUT2D eigenvalue weighted by Crippen LogP contribution is 2.39. The summed E-state index contributed by atoms with van der Waals surface area (Å²) in [5, 5.41) is 10.5. The van der Waals surface area contributed by atoms with Crippen molar-refractivity contribution < 1.29 is 9.84 Å². The fourth-order valence-electron chi connectivity index (χ4n) is 3.47. The lowest BCUT2D eigenvalue weighted by Crippen LogP contribution is -2.56. The van der Waals surface area contributed by atoms with Crippen LogP contribution in [0.15, 0.2) is 0 Å². The van der Waals surface area contributed by atoms with E-state index in [1.807, 2.05) is 0 Å². The molecular formula is C15H29NO2. The summed E-state index contributed by atoms with van der Waals surface area (Å²) in [5.41, 5.74) is 0.193. The van der Waals surface area contributed by atoms with Gasteiger partial charge in [0.2, 0.25) is 0 Å². The molecule has 2 atom stereocenters. The van der Waals surface area contributed by atoms with Crippen molar-refractivity contribution in [1.82, 2.24) is 4.90 Å². The number of hydrogen-bond donors (Lipinski definition) is 1. The van der Waals surface area contributed by atoms with Crippen molar-refractivity contribution in [2.75, 3.05) is 26.3 Å². The first-order chi connectivity index (χ1) is 8.33. The third-order valence-electron chi connectivity index (χ3n) is 4.92. The number of morpholine rings is 1. The van der Waals surface area contributed by atoms with E-state index < -0.39 is 0 Å². The molecule has 0 aromatic heterocycles. The van der Waals surface area contributed by atoms with Crippen molar-refractivity contribution >= 4 is 0 Å². The molecule has 18 heavy (non-hydrogen) atoms. The molecule has 0 radical (unpaired) electrons. The van der Waals surface area contributed by atoms with Gasteiger partial charge in [0, 0.05) is 18.6 Å². The van der Waals surface area contributed by atoms with Crippen LogP contribution in [0.4, 0.5) is 0 Å². The van der Waals surface area contributed by atoms with Crippen LogP contribution in [0, 0.1) is 11.3 Å². The average molecular weight is 255 g/mol. The Hall–Kier alpha value is -0.120. The maximum atomic E-state index is 10.5. The van der Waals surface area contributed by atoms with Gasteiger partial charge in [0.05, 0.1) is 19.3 Å². The van der Waals surface area contributed by atoms with Gasteiger partial charge in [-0.25, -0.2) is 0 Å². The Morgan fingerprint density at radius 2 is 2.00 bits per heavy atom. The average Bonchev–Trinajstić information content (AvgIpc) is 2.27. The van der Waals surface area contributed by atoms with E-state index in [1.165, 1.54) is 6.42 Å². The van der Waals surface area contributed by atoms with Gasteiger partial charge in [-0.15, -0.1) is 0 Å². The monoisotopic (exact) mass is 255 g/mol. The van der Waals surface area contributed by atoms with Crippen LogP contribution in [0.25, 0.3) is 0 Å². The van der Waals surface area contributed by atoms with Crippen LogP contribution < -0.4 is 0 Å². The third kappa shape index (κ3) is 2.89. The molecule has 1 N–H and O–H groups in total. The molecule has 1 saturated carbocycles. The Morgan fingerprint density at radius 1 is 1.28 bits per heavy atom. The van der Waals surface area contributed by atoms with Crippen molar-refractivity contribution in [2.24, 2.45) is 11.3 Å². The first kappa shape index (κ1) is 14.3. The molecule has 0 aromatic carbocycles. The zero-order chi connectivity index (χ0) is 13.4. The van der Waals surface area contributed by atoms with Crippen LogP contribution in [0.1, 0.15) is 47.0 Å². The molecule has 1 aliphatic carbocycles. The third-order valence-corrected chi connectivity index (χ3v) is 4.92. The van der Waals surface area contributed by atoms with E-state index >= 15 is 0 Å². The van der Waals surface area contributed by atoms with Crippen LogP contribution in [0.2, 0.25) is 0 Å². The lowest BCUT2D eigenvalue weighted by molar-refractivity contribution is -0.0896. The summed E-state index contributed by atoms with van der Waals surface area (Å²) >= 11 is 0. The molecule has 3 nitrogen and oxygen atoms in total. The number of nitrogens with zero attached hydrogens (tertiary/aromatic N) is 1. The Balaban J connectivity index is 2.00. The smallest absolute Gasteiger partial charge is 0.0645 e. The highest BCUT2D eigenvalue weighted by Gasteiger charge is 2.40. The molecule has 0 bridgehead atoms. The van der Waals surface area contributed by atoms with E-state index in [1.54, 1.807) is 0 Å². The lowest BCUT2D eigenvalue weighted by atomic mass is 9.69. The van der Waals surface area contributed by atoms with Gasteiger partial charge in [-0.3, -0.25) is 4.90 Å². The van der Waals surface area contributed by atoms with Gasteiger partial charge in [-0.1, -0.05) is 20.3 Å². The van der Waals surface area contributed by atoms with E-state index in [0.29, 0.717) is 5.92 Å². The Morgan fingerprint density at radius 3 is 2.67 bits per heavy atom. The minimum Gasteiger partial charge on any atom is -0.392 e. The van der Waals surface area contributed by atoms with Crippen molar-refractivity contribution in [3.05, 3.63) is 0 Å². The topological polar surface area (TPSA) is 32.7 Å². The first-order valence-electron chi connectivity index (χ1n) is 7.34. The molecule has 2 aliphatic rings. The molecular weight excluding hydrogens is 226 g/mol. The fourth-order valence-corrected chi connectivity index (χ4v) is 3.47. The van der Waals surface area contributed by atoms with Crippen LogP contribution >= 0.6 is 0 Å². The summed E-state index contributed by atoms with van der Waals surface area (Å²) < 4.78 is 5.57. The molecule has 1 heterocycles. The zero-order valence-corrected chi connectivity index (χ0v) is 12.4. The van der Waals surface area contributed by atoms with Gasteiger partial charge < -0.3 is 9.84 Å². The summed E-state index contributed by atoms with van der Waals surface area (Å²) in [6, 6.07) is 0. The maximum absolute atomic E-state index is 10.5. The van der Waals surface area contributed by atoms with E-state index in [2.05, 4.69) is 32.6 Å². The predicted octanol–water partition coefficient (Wildman–Crippen LogP) is 2.28. The molecule has 2 fully saturated rings. The number of aliphatic hydroxyl groups excluding tert-OH is 1. The maximum Gasteiger partial charge on any atom is 0.0645 e. The van der Waals surface area contributed by atoms with Crippen molar-refractivity contribution in [2.45, 2.75) is 58.6 Å². The molecule has 106 valence electrons. The van der Waals surface area contributed by atoms with Gasteiger partial charge in [-0.05, 0) is 38.0 Å². The van der Waals surface area contributed by atoms with Gasteiger partial charge in [0.25, 0.3) is 0 Å². The summed E-state index contributed by atoms with van der Waals surface area (Å²) in [6.45, 7) is 12.5. The van der Waals surface area contributed by atoms with Crippen LogP contribution in [-0.4, -0.2) is 48.0 Å². The molecule has 2 rings (SSSR count).